The number of hydrogen-bond donors (Lipinski definition) is 0. The number of ketones is 2. The second-order valence-corrected chi connectivity index (χ2v) is 5.78. The SMILES string of the molecule is COCc1nc(-n2cncn2)ccc1C(=O)C1=C(Cl)CCCC1=O. The Morgan fingerprint density at radius 1 is 1.38 bits per heavy atom. The van der Waals surface area contributed by atoms with Gasteiger partial charge < -0.3 is 4.74 Å². The Balaban J connectivity index is 2.03. The van der Waals surface area contributed by atoms with E-state index < -0.39 is 5.78 Å². The molecule has 0 spiro atoms. The molecule has 8 heteroatoms. The quantitative estimate of drug-likeness (QED) is 0.609. The molecular weight excluding hydrogens is 332 g/mol. The van der Waals surface area contributed by atoms with Gasteiger partial charge in [-0.05, 0) is 25.0 Å². The zero-order chi connectivity index (χ0) is 17.1. The molecule has 0 unspecified atom stereocenters. The van der Waals surface area contributed by atoms with Crippen LogP contribution in [0.4, 0.5) is 0 Å². The van der Waals surface area contributed by atoms with Crippen molar-refractivity contribution in [1.29, 1.82) is 0 Å². The summed E-state index contributed by atoms with van der Waals surface area (Å²) in [5, 5.41) is 4.33. The Hall–Kier alpha value is -2.38. The number of methoxy groups -OCH3 is 1. The summed E-state index contributed by atoms with van der Waals surface area (Å²) in [7, 11) is 1.51. The minimum Gasteiger partial charge on any atom is -0.378 e. The van der Waals surface area contributed by atoms with Crippen LogP contribution in [0.1, 0.15) is 35.3 Å². The van der Waals surface area contributed by atoms with Crippen molar-refractivity contribution in [1.82, 2.24) is 19.7 Å². The Morgan fingerprint density at radius 3 is 2.88 bits per heavy atom. The number of rotatable bonds is 5. The van der Waals surface area contributed by atoms with Crippen molar-refractivity contribution >= 4 is 23.2 Å². The summed E-state index contributed by atoms with van der Waals surface area (Å²) in [6, 6.07) is 3.25. The lowest BCUT2D eigenvalue weighted by atomic mass is 9.91. The van der Waals surface area contributed by atoms with Gasteiger partial charge in [0.25, 0.3) is 0 Å². The lowest BCUT2D eigenvalue weighted by Gasteiger charge is -2.16. The molecule has 0 bridgehead atoms. The van der Waals surface area contributed by atoms with Crippen LogP contribution < -0.4 is 0 Å². The van der Waals surface area contributed by atoms with E-state index in [4.69, 9.17) is 16.3 Å². The number of carbonyl (C=O) groups is 2. The predicted molar refractivity (Wildman–Crippen MR) is 85.9 cm³/mol. The fraction of sp³-hybridized carbons (Fsp3) is 0.312. The molecule has 124 valence electrons. The van der Waals surface area contributed by atoms with Gasteiger partial charge in [-0.15, -0.1) is 0 Å². The molecule has 0 amide bonds. The number of allylic oxidation sites excluding steroid dienone is 2. The molecule has 0 fully saturated rings. The summed E-state index contributed by atoms with van der Waals surface area (Å²) in [6.07, 6.45) is 4.44. The van der Waals surface area contributed by atoms with E-state index in [1.807, 2.05) is 0 Å². The first kappa shape index (κ1) is 16.5. The van der Waals surface area contributed by atoms with Gasteiger partial charge in [0.2, 0.25) is 0 Å². The number of halogens is 1. The molecule has 0 radical (unpaired) electrons. The molecule has 1 aliphatic carbocycles. The van der Waals surface area contributed by atoms with E-state index >= 15 is 0 Å². The molecule has 0 N–H and O–H groups in total. The van der Waals surface area contributed by atoms with Gasteiger partial charge in [0, 0.05) is 24.1 Å². The van der Waals surface area contributed by atoms with Crippen molar-refractivity contribution in [3.63, 3.8) is 0 Å². The summed E-state index contributed by atoms with van der Waals surface area (Å²) in [4.78, 5) is 33.2. The molecule has 2 aromatic heterocycles. The zero-order valence-corrected chi connectivity index (χ0v) is 13.8. The maximum atomic E-state index is 12.8. The molecule has 0 aromatic carbocycles. The number of ether oxygens (including phenoxy) is 1. The predicted octanol–water partition coefficient (Wildman–Crippen LogP) is 2.24. The zero-order valence-electron chi connectivity index (χ0n) is 13.0. The van der Waals surface area contributed by atoms with Crippen molar-refractivity contribution in [2.75, 3.05) is 7.11 Å². The van der Waals surface area contributed by atoms with Gasteiger partial charge in [-0.25, -0.2) is 14.6 Å². The summed E-state index contributed by atoms with van der Waals surface area (Å²) in [5.74, 6) is -0.125. The van der Waals surface area contributed by atoms with Gasteiger partial charge in [0.1, 0.15) is 12.7 Å². The third-order valence-electron chi connectivity index (χ3n) is 3.72. The van der Waals surface area contributed by atoms with E-state index in [2.05, 4.69) is 15.1 Å². The first-order valence-corrected chi connectivity index (χ1v) is 7.80. The molecule has 2 aromatic rings. The van der Waals surface area contributed by atoms with E-state index in [1.54, 1.807) is 12.1 Å². The fourth-order valence-electron chi connectivity index (χ4n) is 2.59. The third-order valence-corrected chi connectivity index (χ3v) is 4.09. The Bertz CT molecular complexity index is 815. The molecule has 0 atom stereocenters. The molecule has 3 rings (SSSR count). The van der Waals surface area contributed by atoms with E-state index in [-0.39, 0.29) is 18.0 Å². The van der Waals surface area contributed by atoms with Crippen molar-refractivity contribution in [2.45, 2.75) is 25.9 Å². The minimum atomic E-state index is -0.408. The van der Waals surface area contributed by atoms with Crippen LogP contribution in [0.3, 0.4) is 0 Å². The molecule has 0 saturated heterocycles. The van der Waals surface area contributed by atoms with E-state index in [0.717, 1.165) is 0 Å². The Labute approximate surface area is 143 Å². The van der Waals surface area contributed by atoms with Crippen molar-refractivity contribution in [3.8, 4) is 5.82 Å². The van der Waals surface area contributed by atoms with E-state index in [1.165, 1.54) is 24.4 Å². The average molecular weight is 347 g/mol. The van der Waals surface area contributed by atoms with Crippen LogP contribution in [0.15, 0.2) is 35.4 Å². The normalized spacial score (nSPS) is 15.0. The van der Waals surface area contributed by atoms with Crippen LogP contribution in [-0.4, -0.2) is 38.4 Å². The maximum Gasteiger partial charge on any atom is 0.199 e. The third kappa shape index (κ3) is 3.13. The second-order valence-electron chi connectivity index (χ2n) is 5.32. The molecular formula is C16H15ClN4O3. The van der Waals surface area contributed by atoms with Crippen LogP contribution >= 0.6 is 11.6 Å². The highest BCUT2D eigenvalue weighted by Gasteiger charge is 2.28. The lowest BCUT2D eigenvalue weighted by Crippen LogP contribution is -2.20. The molecule has 24 heavy (non-hydrogen) atoms. The van der Waals surface area contributed by atoms with E-state index in [0.29, 0.717) is 41.4 Å². The van der Waals surface area contributed by atoms with Gasteiger partial charge in [-0.2, -0.15) is 5.10 Å². The Morgan fingerprint density at radius 2 is 2.21 bits per heavy atom. The highest BCUT2D eigenvalue weighted by molar-refractivity contribution is 6.39. The highest BCUT2D eigenvalue weighted by atomic mass is 35.5. The Kier molecular flexibility index (Phi) is 4.82. The summed E-state index contributed by atoms with van der Waals surface area (Å²) in [6.45, 7) is 0.128. The van der Waals surface area contributed by atoms with Crippen molar-refractivity contribution in [2.24, 2.45) is 0 Å². The smallest absolute Gasteiger partial charge is 0.199 e. The number of hydrogen-bond acceptors (Lipinski definition) is 6. The van der Waals surface area contributed by atoms with Crippen LogP contribution in [-0.2, 0) is 16.1 Å². The van der Waals surface area contributed by atoms with Crippen LogP contribution in [0, 0.1) is 0 Å². The first-order valence-electron chi connectivity index (χ1n) is 7.42. The second kappa shape index (κ2) is 7.02. The van der Waals surface area contributed by atoms with Crippen LogP contribution in [0.5, 0.6) is 0 Å². The summed E-state index contributed by atoms with van der Waals surface area (Å²) in [5.41, 5.74) is 0.797. The lowest BCUT2D eigenvalue weighted by molar-refractivity contribution is -0.115. The number of nitrogens with zero attached hydrogens (tertiary/aromatic N) is 4. The minimum absolute atomic E-state index is 0.0653. The molecule has 0 aliphatic heterocycles. The number of Topliss-reactive ketones (excluding diaryl/α,β-unsaturated/α-hetero) is 2. The molecule has 0 saturated carbocycles. The number of aromatic nitrogens is 4. The van der Waals surface area contributed by atoms with E-state index in [9.17, 15) is 9.59 Å². The van der Waals surface area contributed by atoms with Crippen molar-refractivity contribution in [3.05, 3.63) is 46.7 Å². The number of pyridine rings is 1. The largest absolute Gasteiger partial charge is 0.378 e. The van der Waals surface area contributed by atoms with Crippen LogP contribution in [0.25, 0.3) is 5.82 Å². The van der Waals surface area contributed by atoms with Gasteiger partial charge in [0.15, 0.2) is 17.4 Å². The first-order chi connectivity index (χ1) is 11.6. The maximum absolute atomic E-state index is 12.8. The van der Waals surface area contributed by atoms with Gasteiger partial charge in [-0.1, -0.05) is 11.6 Å². The molecule has 7 nitrogen and oxygen atoms in total. The molecule has 1 aliphatic rings. The van der Waals surface area contributed by atoms with Gasteiger partial charge >= 0.3 is 0 Å². The average Bonchev–Trinajstić information content (AvgIpc) is 3.09. The van der Waals surface area contributed by atoms with Gasteiger partial charge in [-0.3, -0.25) is 9.59 Å². The molecule has 2 heterocycles. The standard InChI is InChI=1S/C16H15ClN4O3/c1-24-7-12-10(5-6-14(20-12)21-9-18-8-19-21)16(23)15-11(17)3-2-4-13(15)22/h5-6,8-9H,2-4,7H2,1H3. The monoisotopic (exact) mass is 346 g/mol. The van der Waals surface area contributed by atoms with Crippen molar-refractivity contribution < 1.29 is 14.3 Å². The fourth-order valence-corrected chi connectivity index (χ4v) is 2.91. The summed E-state index contributed by atoms with van der Waals surface area (Å²) < 4.78 is 6.62. The summed E-state index contributed by atoms with van der Waals surface area (Å²) >= 11 is 6.13. The topological polar surface area (TPSA) is 87.0 Å². The highest BCUT2D eigenvalue weighted by Crippen LogP contribution is 2.28. The van der Waals surface area contributed by atoms with Gasteiger partial charge in [0.05, 0.1) is 17.9 Å². The van der Waals surface area contributed by atoms with Crippen LogP contribution in [0.2, 0.25) is 0 Å². The number of carbonyl (C=O) groups excluding carboxylic acids is 2.